The van der Waals surface area contributed by atoms with Gasteiger partial charge in [0.15, 0.2) is 0 Å². The summed E-state index contributed by atoms with van der Waals surface area (Å²) >= 11 is 0. The number of para-hydroxylation sites is 1. The van der Waals surface area contributed by atoms with E-state index in [2.05, 4.69) is 16.0 Å². The summed E-state index contributed by atoms with van der Waals surface area (Å²) in [5.41, 5.74) is 3.49. The summed E-state index contributed by atoms with van der Waals surface area (Å²) in [5, 5.41) is 8.31. The molecular weight excluding hydrogens is 420 g/mol. The van der Waals surface area contributed by atoms with Crippen molar-refractivity contribution in [2.24, 2.45) is 0 Å². The zero-order valence-corrected chi connectivity index (χ0v) is 19.2. The van der Waals surface area contributed by atoms with E-state index in [4.69, 9.17) is 4.74 Å². The summed E-state index contributed by atoms with van der Waals surface area (Å²) in [6.07, 6.45) is 1.82. The van der Waals surface area contributed by atoms with Gasteiger partial charge >= 0.3 is 6.03 Å². The molecule has 3 N–H and O–H groups in total. The van der Waals surface area contributed by atoms with E-state index >= 15 is 0 Å². The SMILES string of the molecule is Cc1cccc(NC(=O)CN(CC2CCCO2)C(=O)CCNC(=O)Nc2ccccc2)c1C. The van der Waals surface area contributed by atoms with E-state index in [9.17, 15) is 14.4 Å². The second kappa shape index (κ2) is 12.0. The number of hydrogen-bond acceptors (Lipinski definition) is 4. The van der Waals surface area contributed by atoms with Crippen molar-refractivity contribution in [2.75, 3.05) is 36.9 Å². The van der Waals surface area contributed by atoms with Gasteiger partial charge in [0.1, 0.15) is 0 Å². The summed E-state index contributed by atoms with van der Waals surface area (Å²) < 4.78 is 5.67. The third-order valence-corrected chi connectivity index (χ3v) is 5.67. The Hall–Kier alpha value is -3.39. The second-order valence-electron chi connectivity index (χ2n) is 8.20. The van der Waals surface area contributed by atoms with Gasteiger partial charge in [-0.25, -0.2) is 4.79 Å². The van der Waals surface area contributed by atoms with E-state index in [-0.39, 0.29) is 43.5 Å². The van der Waals surface area contributed by atoms with Crippen LogP contribution < -0.4 is 16.0 Å². The Bertz CT molecular complexity index is 958. The molecule has 1 unspecified atom stereocenters. The molecule has 1 heterocycles. The van der Waals surface area contributed by atoms with E-state index in [1.807, 2.05) is 50.2 Å². The van der Waals surface area contributed by atoms with E-state index in [1.54, 1.807) is 12.1 Å². The third-order valence-electron chi connectivity index (χ3n) is 5.67. The number of aryl methyl sites for hydroxylation is 1. The van der Waals surface area contributed by atoms with Crippen LogP contribution in [0.4, 0.5) is 16.2 Å². The number of nitrogens with zero attached hydrogens (tertiary/aromatic N) is 1. The molecule has 33 heavy (non-hydrogen) atoms. The molecule has 2 aromatic rings. The average molecular weight is 453 g/mol. The fraction of sp³-hybridized carbons (Fsp3) is 0.400. The summed E-state index contributed by atoms with van der Waals surface area (Å²) in [5.74, 6) is -0.466. The minimum absolute atomic E-state index is 0.0672. The third kappa shape index (κ3) is 7.61. The van der Waals surface area contributed by atoms with E-state index < -0.39 is 0 Å². The minimum Gasteiger partial charge on any atom is -0.376 e. The molecule has 0 saturated carbocycles. The molecule has 0 bridgehead atoms. The first kappa shape index (κ1) is 24.3. The first-order valence-corrected chi connectivity index (χ1v) is 11.3. The van der Waals surface area contributed by atoms with Gasteiger partial charge in [0.05, 0.1) is 12.6 Å². The van der Waals surface area contributed by atoms with Crippen LogP contribution in [0.5, 0.6) is 0 Å². The Morgan fingerprint density at radius 1 is 1.03 bits per heavy atom. The molecule has 176 valence electrons. The van der Waals surface area contributed by atoms with E-state index in [0.717, 1.165) is 29.7 Å². The zero-order valence-electron chi connectivity index (χ0n) is 19.2. The Labute approximate surface area is 194 Å². The quantitative estimate of drug-likeness (QED) is 0.542. The molecule has 1 aliphatic rings. The number of benzene rings is 2. The van der Waals surface area contributed by atoms with Gasteiger partial charge in [0.25, 0.3) is 0 Å². The van der Waals surface area contributed by atoms with Gasteiger partial charge in [0, 0.05) is 37.5 Å². The van der Waals surface area contributed by atoms with Crippen molar-refractivity contribution >= 4 is 29.2 Å². The lowest BCUT2D eigenvalue weighted by atomic mass is 10.1. The van der Waals surface area contributed by atoms with Crippen molar-refractivity contribution in [3.8, 4) is 0 Å². The highest BCUT2D eigenvalue weighted by Gasteiger charge is 2.24. The molecule has 3 rings (SSSR count). The van der Waals surface area contributed by atoms with Gasteiger partial charge in [-0.15, -0.1) is 0 Å². The van der Waals surface area contributed by atoms with Crippen LogP contribution in [0.15, 0.2) is 48.5 Å². The fourth-order valence-corrected chi connectivity index (χ4v) is 3.68. The first-order valence-electron chi connectivity index (χ1n) is 11.3. The zero-order chi connectivity index (χ0) is 23.6. The number of amides is 4. The molecule has 2 aromatic carbocycles. The van der Waals surface area contributed by atoms with Crippen molar-refractivity contribution in [1.82, 2.24) is 10.2 Å². The number of carbonyl (C=O) groups is 3. The van der Waals surface area contributed by atoms with Gasteiger partial charge in [-0.05, 0) is 56.0 Å². The lowest BCUT2D eigenvalue weighted by Crippen LogP contribution is -2.43. The monoisotopic (exact) mass is 452 g/mol. The molecule has 1 atom stereocenters. The van der Waals surface area contributed by atoms with Crippen LogP contribution in [0.2, 0.25) is 0 Å². The van der Waals surface area contributed by atoms with Gasteiger partial charge < -0.3 is 25.6 Å². The summed E-state index contributed by atoms with van der Waals surface area (Å²) in [4.78, 5) is 39.2. The second-order valence-corrected chi connectivity index (χ2v) is 8.20. The van der Waals surface area contributed by atoms with Crippen LogP contribution in [-0.2, 0) is 14.3 Å². The lowest BCUT2D eigenvalue weighted by molar-refractivity contribution is -0.136. The normalized spacial score (nSPS) is 15.0. The van der Waals surface area contributed by atoms with Crippen LogP contribution in [0.25, 0.3) is 0 Å². The molecule has 1 aliphatic heterocycles. The molecule has 8 nitrogen and oxygen atoms in total. The number of urea groups is 1. The largest absolute Gasteiger partial charge is 0.376 e. The molecule has 0 radical (unpaired) electrons. The average Bonchev–Trinajstić information content (AvgIpc) is 3.30. The first-order chi connectivity index (χ1) is 15.9. The van der Waals surface area contributed by atoms with Gasteiger partial charge in [-0.1, -0.05) is 30.3 Å². The predicted molar refractivity (Wildman–Crippen MR) is 128 cm³/mol. The number of nitrogens with one attached hydrogen (secondary N) is 3. The Morgan fingerprint density at radius 2 is 1.82 bits per heavy atom. The topological polar surface area (TPSA) is 99.8 Å². The minimum atomic E-state index is -0.382. The molecule has 4 amide bonds. The standard InChI is InChI=1S/C25H32N4O4/c1-18-8-6-12-22(19(18)2)28-23(30)17-29(16-21-11-7-15-33-21)24(31)13-14-26-25(32)27-20-9-4-3-5-10-20/h3-6,8-10,12,21H,7,11,13-17H2,1-2H3,(H,28,30)(H2,26,27,32). The Morgan fingerprint density at radius 3 is 2.55 bits per heavy atom. The summed E-state index contributed by atoms with van der Waals surface area (Å²) in [7, 11) is 0. The van der Waals surface area contributed by atoms with Crippen LogP contribution >= 0.6 is 0 Å². The summed E-state index contributed by atoms with van der Waals surface area (Å²) in [6.45, 7) is 5.06. The molecule has 8 heteroatoms. The highest BCUT2D eigenvalue weighted by molar-refractivity contribution is 5.95. The van der Waals surface area contributed by atoms with Crippen molar-refractivity contribution in [1.29, 1.82) is 0 Å². The lowest BCUT2D eigenvalue weighted by Gasteiger charge is -2.25. The maximum atomic E-state index is 12.9. The number of rotatable bonds is 9. The van der Waals surface area contributed by atoms with Crippen LogP contribution in [0.1, 0.15) is 30.4 Å². The molecule has 0 spiro atoms. The maximum Gasteiger partial charge on any atom is 0.319 e. The predicted octanol–water partition coefficient (Wildman–Crippen LogP) is 3.46. The van der Waals surface area contributed by atoms with E-state index in [1.165, 1.54) is 4.90 Å². The number of carbonyl (C=O) groups excluding carboxylic acids is 3. The fourth-order valence-electron chi connectivity index (χ4n) is 3.68. The Kier molecular flexibility index (Phi) is 8.83. The number of anilines is 2. The van der Waals surface area contributed by atoms with Crippen molar-refractivity contribution in [3.63, 3.8) is 0 Å². The van der Waals surface area contributed by atoms with Gasteiger partial charge in [0.2, 0.25) is 11.8 Å². The number of hydrogen-bond donors (Lipinski definition) is 3. The highest BCUT2D eigenvalue weighted by atomic mass is 16.5. The van der Waals surface area contributed by atoms with Gasteiger partial charge in [-0.2, -0.15) is 0 Å². The van der Waals surface area contributed by atoms with Crippen molar-refractivity contribution < 1.29 is 19.1 Å². The Balaban J connectivity index is 1.53. The highest BCUT2D eigenvalue weighted by Crippen LogP contribution is 2.18. The maximum absolute atomic E-state index is 12.9. The molecular formula is C25H32N4O4. The van der Waals surface area contributed by atoms with Crippen LogP contribution in [0.3, 0.4) is 0 Å². The van der Waals surface area contributed by atoms with E-state index in [0.29, 0.717) is 18.8 Å². The number of ether oxygens (including phenoxy) is 1. The van der Waals surface area contributed by atoms with Crippen LogP contribution in [-0.4, -0.2) is 55.1 Å². The molecule has 1 saturated heterocycles. The molecule has 1 fully saturated rings. The molecule has 0 aliphatic carbocycles. The molecule has 0 aromatic heterocycles. The van der Waals surface area contributed by atoms with Crippen molar-refractivity contribution in [3.05, 3.63) is 59.7 Å². The van der Waals surface area contributed by atoms with Gasteiger partial charge in [-0.3, -0.25) is 9.59 Å². The van der Waals surface area contributed by atoms with Crippen molar-refractivity contribution in [2.45, 2.75) is 39.2 Å². The van der Waals surface area contributed by atoms with Crippen LogP contribution in [0, 0.1) is 13.8 Å². The smallest absolute Gasteiger partial charge is 0.319 e. The summed E-state index contributed by atoms with van der Waals surface area (Å²) in [6, 6.07) is 14.4.